The maximum atomic E-state index is 12.6. The molecule has 7 nitrogen and oxygen atoms in total. The molecule has 1 aromatic heterocycles. The molecule has 0 radical (unpaired) electrons. The van der Waals surface area contributed by atoms with Crippen LogP contribution in [-0.2, 0) is 14.8 Å². The number of hydrogen-bond acceptors (Lipinski definition) is 7. The maximum Gasteiger partial charge on any atom is 0.291 e. The van der Waals surface area contributed by atoms with E-state index in [1.165, 1.54) is 6.20 Å². The highest BCUT2D eigenvalue weighted by Crippen LogP contribution is 2.69. The van der Waals surface area contributed by atoms with Gasteiger partial charge in [0.2, 0.25) is 10.2 Å². The van der Waals surface area contributed by atoms with Gasteiger partial charge in [-0.3, -0.25) is 4.79 Å². The minimum Gasteiger partial charge on any atom is -0.393 e. The van der Waals surface area contributed by atoms with Crippen LogP contribution in [0.3, 0.4) is 0 Å². The number of hydrogen-bond donors (Lipinski definition) is 3. The van der Waals surface area contributed by atoms with Gasteiger partial charge in [0.1, 0.15) is 0 Å². The second-order valence-electron chi connectivity index (χ2n) is 13.5. The van der Waals surface area contributed by atoms with Crippen molar-refractivity contribution in [1.29, 1.82) is 0 Å². The molecule has 4 fully saturated rings. The Morgan fingerprint density at radius 3 is 2.53 bits per heavy atom. The molecule has 9 heteroatoms. The lowest BCUT2D eigenvalue weighted by atomic mass is 9.41. The SMILES string of the molecule is CC[C@@H]1C2C[C@H](O)CCC2(C)[C@H]2CCC3(C)C([C@H](C)CCC(=O)NS(=O)(=O)c4nccs4)CC[C@H]3[C@@H]2[C@@H]1O. The lowest BCUT2D eigenvalue weighted by molar-refractivity contribution is -0.203. The number of aliphatic hydroxyl groups is 2. The van der Waals surface area contributed by atoms with Gasteiger partial charge in [0.25, 0.3) is 10.0 Å². The summed E-state index contributed by atoms with van der Waals surface area (Å²) in [5.74, 6) is 2.22. The van der Waals surface area contributed by atoms with E-state index in [0.29, 0.717) is 41.9 Å². The number of nitrogens with one attached hydrogen (secondary N) is 1. The Morgan fingerprint density at radius 1 is 1.13 bits per heavy atom. The summed E-state index contributed by atoms with van der Waals surface area (Å²) in [7, 11) is -3.90. The summed E-state index contributed by atoms with van der Waals surface area (Å²) >= 11 is 0.999. The molecular formula is C29H46N2O5S2. The van der Waals surface area contributed by atoms with Crippen LogP contribution in [0, 0.1) is 52.3 Å². The molecule has 0 bridgehead atoms. The van der Waals surface area contributed by atoms with Crippen LogP contribution in [0.15, 0.2) is 15.9 Å². The van der Waals surface area contributed by atoms with E-state index in [1.54, 1.807) is 5.38 Å². The fraction of sp³-hybridized carbons (Fsp3) is 0.862. The molecule has 0 spiro atoms. The van der Waals surface area contributed by atoms with Crippen molar-refractivity contribution >= 4 is 27.3 Å². The number of fused-ring (bicyclic) bond motifs is 5. The summed E-state index contributed by atoms with van der Waals surface area (Å²) in [4.78, 5) is 16.4. The van der Waals surface area contributed by atoms with E-state index in [1.807, 2.05) is 0 Å². The maximum absolute atomic E-state index is 12.6. The van der Waals surface area contributed by atoms with Gasteiger partial charge in [-0.25, -0.2) is 9.71 Å². The van der Waals surface area contributed by atoms with Crippen LogP contribution < -0.4 is 4.72 Å². The zero-order valence-electron chi connectivity index (χ0n) is 23.3. The van der Waals surface area contributed by atoms with Crippen LogP contribution in [-0.4, -0.2) is 41.7 Å². The highest BCUT2D eigenvalue weighted by molar-refractivity contribution is 7.92. The van der Waals surface area contributed by atoms with Crippen LogP contribution in [0.25, 0.3) is 0 Å². The minimum absolute atomic E-state index is 0.0818. The number of aliphatic hydroxyl groups excluding tert-OH is 2. The van der Waals surface area contributed by atoms with Crippen molar-refractivity contribution in [2.45, 2.75) is 108 Å². The topological polar surface area (TPSA) is 117 Å². The molecule has 4 saturated carbocycles. The second kappa shape index (κ2) is 10.4. The van der Waals surface area contributed by atoms with E-state index >= 15 is 0 Å². The lowest BCUT2D eigenvalue weighted by Crippen LogP contribution is -2.62. The van der Waals surface area contributed by atoms with E-state index in [4.69, 9.17) is 0 Å². The van der Waals surface area contributed by atoms with Crippen molar-refractivity contribution in [3.63, 3.8) is 0 Å². The highest BCUT2D eigenvalue weighted by Gasteiger charge is 2.64. The number of sulfonamides is 1. The van der Waals surface area contributed by atoms with Crippen LogP contribution in [0.4, 0.5) is 0 Å². The minimum atomic E-state index is -3.90. The van der Waals surface area contributed by atoms with E-state index in [9.17, 15) is 23.4 Å². The van der Waals surface area contributed by atoms with Gasteiger partial charge in [-0.05, 0) is 104 Å². The molecule has 5 rings (SSSR count). The van der Waals surface area contributed by atoms with Crippen molar-refractivity contribution in [2.75, 3.05) is 0 Å². The first kappa shape index (κ1) is 28.5. The molecule has 4 aliphatic carbocycles. The molecule has 214 valence electrons. The first-order valence-electron chi connectivity index (χ1n) is 14.7. The summed E-state index contributed by atoms with van der Waals surface area (Å²) in [6.45, 7) is 9.32. The number of rotatable bonds is 7. The van der Waals surface area contributed by atoms with Crippen molar-refractivity contribution < 1.29 is 23.4 Å². The predicted octanol–water partition coefficient (Wildman–Crippen LogP) is 4.99. The van der Waals surface area contributed by atoms with E-state index in [2.05, 4.69) is 37.4 Å². The number of aromatic nitrogens is 1. The van der Waals surface area contributed by atoms with Crippen molar-refractivity contribution in [3.05, 3.63) is 11.6 Å². The predicted molar refractivity (Wildman–Crippen MR) is 148 cm³/mol. The molecule has 0 saturated heterocycles. The molecule has 1 amide bonds. The molecule has 4 unspecified atom stereocenters. The summed E-state index contributed by atoms with van der Waals surface area (Å²) in [6.07, 6.45) is 9.93. The van der Waals surface area contributed by atoms with Crippen molar-refractivity contribution in [2.24, 2.45) is 52.3 Å². The molecule has 3 N–H and O–H groups in total. The Balaban J connectivity index is 1.28. The van der Waals surface area contributed by atoms with Crippen LogP contribution in [0.2, 0.25) is 0 Å². The Bertz CT molecular complexity index is 1110. The number of carbonyl (C=O) groups excluding carboxylic acids is 1. The fourth-order valence-corrected chi connectivity index (χ4v) is 11.9. The lowest BCUT2D eigenvalue weighted by Gasteiger charge is -2.64. The Morgan fingerprint density at radius 2 is 1.84 bits per heavy atom. The van der Waals surface area contributed by atoms with Crippen LogP contribution in [0.5, 0.6) is 0 Å². The molecule has 1 aromatic rings. The Labute approximate surface area is 232 Å². The standard InChI is InChI=1S/C29H46N2O5S2/c1-5-19-23-16-18(32)10-12-29(23,4)22-11-13-28(3)20(7-8-21(28)25(22)26(19)34)17(2)6-9-24(33)31-38(35,36)27-30-14-15-37-27/h14-15,17-23,25-26,32,34H,5-13,16H2,1-4H3,(H,31,33)/t17-,18-,19-,20?,21+,22+,23?,25+,26-,28?,29?/m1/s1. The summed E-state index contributed by atoms with van der Waals surface area (Å²) in [6, 6.07) is 0. The van der Waals surface area contributed by atoms with E-state index in [0.717, 1.165) is 62.7 Å². The summed E-state index contributed by atoms with van der Waals surface area (Å²) in [5, 5.41) is 23.9. The molecule has 11 atom stereocenters. The largest absolute Gasteiger partial charge is 0.393 e. The molecule has 4 aliphatic rings. The summed E-state index contributed by atoms with van der Waals surface area (Å²) < 4.78 is 26.9. The monoisotopic (exact) mass is 566 g/mol. The Kier molecular flexibility index (Phi) is 7.81. The molecule has 0 aliphatic heterocycles. The third-order valence-electron chi connectivity index (χ3n) is 11.9. The van der Waals surface area contributed by atoms with Crippen molar-refractivity contribution in [1.82, 2.24) is 9.71 Å². The number of thiazole rings is 1. The highest BCUT2D eigenvalue weighted by atomic mass is 32.2. The van der Waals surface area contributed by atoms with Gasteiger partial charge in [-0.2, -0.15) is 8.42 Å². The molecule has 1 heterocycles. The van der Waals surface area contributed by atoms with Gasteiger partial charge in [-0.15, -0.1) is 11.3 Å². The van der Waals surface area contributed by atoms with Gasteiger partial charge in [0.15, 0.2) is 0 Å². The van der Waals surface area contributed by atoms with Gasteiger partial charge < -0.3 is 10.2 Å². The first-order valence-corrected chi connectivity index (χ1v) is 17.1. The number of nitrogens with zero attached hydrogens (tertiary/aromatic N) is 1. The fourth-order valence-electron chi connectivity index (χ4n) is 10.1. The second-order valence-corrected chi connectivity index (χ2v) is 16.2. The number of carbonyl (C=O) groups is 1. The van der Waals surface area contributed by atoms with Gasteiger partial charge in [0, 0.05) is 18.0 Å². The van der Waals surface area contributed by atoms with Gasteiger partial charge >= 0.3 is 0 Å². The van der Waals surface area contributed by atoms with E-state index in [-0.39, 0.29) is 39.7 Å². The quantitative estimate of drug-likeness (QED) is 0.428. The van der Waals surface area contributed by atoms with Crippen LogP contribution >= 0.6 is 11.3 Å². The molecule has 0 aromatic carbocycles. The average molecular weight is 567 g/mol. The number of amides is 1. The zero-order valence-corrected chi connectivity index (χ0v) is 24.9. The zero-order chi connectivity index (χ0) is 27.5. The molecule has 38 heavy (non-hydrogen) atoms. The van der Waals surface area contributed by atoms with Crippen LogP contribution in [0.1, 0.15) is 91.9 Å². The Hall–Kier alpha value is -1.03. The normalized spacial score (nSPS) is 43.5. The summed E-state index contributed by atoms with van der Waals surface area (Å²) in [5.41, 5.74) is 0.316. The van der Waals surface area contributed by atoms with Gasteiger partial charge in [-0.1, -0.05) is 34.1 Å². The smallest absolute Gasteiger partial charge is 0.291 e. The van der Waals surface area contributed by atoms with Crippen molar-refractivity contribution in [3.8, 4) is 0 Å². The first-order chi connectivity index (χ1) is 17.9. The van der Waals surface area contributed by atoms with Gasteiger partial charge in [0.05, 0.1) is 12.2 Å². The molecular weight excluding hydrogens is 520 g/mol. The average Bonchev–Trinajstić information content (AvgIpc) is 3.52. The van der Waals surface area contributed by atoms with E-state index < -0.39 is 15.9 Å². The third kappa shape index (κ3) is 4.67. The third-order valence-corrected chi connectivity index (χ3v) is 14.4.